The topological polar surface area (TPSA) is 413 Å². The number of aliphatic hydroxyl groups excluding tert-OH is 15. The lowest BCUT2D eigenvalue weighted by molar-refractivity contribution is -0.391. The molecule has 85 heavy (non-hydrogen) atoms. The molecule has 10 rings (SSSR count). The minimum atomic E-state index is -1.93. The molecule has 26 heteroatoms. The zero-order valence-electron chi connectivity index (χ0n) is 49.8. The molecule has 0 unspecified atom stereocenters. The van der Waals surface area contributed by atoms with Gasteiger partial charge >= 0.3 is 5.97 Å². The molecule has 4 saturated carbocycles. The quantitative estimate of drug-likeness (QED) is 0.0513. The van der Waals surface area contributed by atoms with Gasteiger partial charge in [-0.05, 0) is 116 Å². The molecule has 0 amide bonds. The van der Waals surface area contributed by atoms with Crippen molar-refractivity contribution < 1.29 is 129 Å². The summed E-state index contributed by atoms with van der Waals surface area (Å²) in [6.07, 6.45) is -30.5. The third-order valence-electron chi connectivity index (χ3n) is 23.1. The van der Waals surface area contributed by atoms with Gasteiger partial charge in [-0.1, -0.05) is 60.1 Å². The maximum absolute atomic E-state index is 14.8. The van der Waals surface area contributed by atoms with E-state index >= 15 is 0 Å². The fourth-order valence-electron chi connectivity index (χ4n) is 17.6. The molecule has 26 nitrogen and oxygen atoms in total. The maximum Gasteiger partial charge on any atom is 0.315 e. The Kier molecular flexibility index (Phi) is 19.0. The van der Waals surface area contributed by atoms with Gasteiger partial charge < -0.3 is 124 Å². The molecule has 488 valence electrons. The summed E-state index contributed by atoms with van der Waals surface area (Å²) >= 11 is 0. The molecule has 10 aliphatic rings. The van der Waals surface area contributed by atoms with E-state index in [9.17, 15) is 81.4 Å². The van der Waals surface area contributed by atoms with Crippen molar-refractivity contribution in [3.05, 3.63) is 11.6 Å². The molecule has 0 aromatic heterocycles. The SMILES string of the molecule is C[C@@H]1O[C@@H](O[C@H]2[C@H](O[C@H]3CC[C@]4(C)[C@H]5CC=C6[C@@H]7CC(C)(C)CC[C@]7(C(=O)O[C@@H]7O[C@H](CO)[C@@H](O)[C@H](O)[C@H]7O)CC[C@@]6(C)[C@]5(C)CC[C@H]4C3(C)C)OC[C@@H](O[C@@H]3O[C@H](CO)[C@@H](O)[C@H](O)[C@H]3O)[C@@H]2O)[C@H](O)[C@H](O[C@@H]2O[C@H](CO)[C@@H](O)[C@H](O)[C@H]2O)[C@H]1O. The molecule has 5 heterocycles. The van der Waals surface area contributed by atoms with Crippen molar-refractivity contribution >= 4 is 5.97 Å². The minimum absolute atomic E-state index is 0.0708. The standard InChI is InChI=1S/C59H96O26/c1-24-34(63)46(83-49-43(72)40(69)36(65)28(21-61)79-49)45(74)51(77-24)84-47-38(67)30(81-48-42(71)39(68)35(64)27(20-60)78-48)23-76-52(47)82-33-12-13-56(6)31(55(33,4)5)11-14-58(8)32(56)10-9-25-26-19-54(2,3)15-17-59(26,18-16-57(25,58)7)53(75)85-50-44(73)41(70)37(66)29(22-62)80-50/h9,24,26-52,60-74H,10-23H2,1-8H3/t24-,26-,27+,28+,29+,30+,31-,32+,33-,34-,35+,36+,37+,38-,39-,40-,41-,42+,43+,44+,45+,46+,47+,48-,49-,50-,51-,52-,56-,57+,58+,59-/m0/s1. The van der Waals surface area contributed by atoms with Crippen LogP contribution in [0, 0.1) is 50.2 Å². The molecule has 9 fully saturated rings. The van der Waals surface area contributed by atoms with Gasteiger partial charge in [0.25, 0.3) is 0 Å². The molecule has 32 atom stereocenters. The molecule has 5 aliphatic heterocycles. The van der Waals surface area contributed by atoms with Crippen LogP contribution >= 0.6 is 0 Å². The van der Waals surface area contributed by atoms with Crippen molar-refractivity contribution in [1.82, 2.24) is 0 Å². The fourth-order valence-corrected chi connectivity index (χ4v) is 17.6. The van der Waals surface area contributed by atoms with E-state index in [0.29, 0.717) is 25.7 Å². The molecule has 0 aromatic carbocycles. The highest BCUT2D eigenvalue weighted by Crippen LogP contribution is 2.76. The lowest BCUT2D eigenvalue weighted by Crippen LogP contribution is -2.67. The second-order valence-electron chi connectivity index (χ2n) is 28.6. The van der Waals surface area contributed by atoms with Crippen LogP contribution in [0.15, 0.2) is 11.6 Å². The maximum atomic E-state index is 14.8. The first-order valence-electron chi connectivity index (χ1n) is 30.6. The number of carbonyl (C=O) groups is 1. The van der Waals surface area contributed by atoms with Crippen molar-refractivity contribution in [3.8, 4) is 0 Å². The summed E-state index contributed by atoms with van der Waals surface area (Å²) in [6, 6.07) is 0. The van der Waals surface area contributed by atoms with Crippen LogP contribution in [-0.4, -0.2) is 263 Å². The van der Waals surface area contributed by atoms with Gasteiger partial charge in [-0.15, -0.1) is 0 Å². The molecular formula is C59H96O26. The summed E-state index contributed by atoms with van der Waals surface area (Å²) in [4.78, 5) is 14.8. The van der Waals surface area contributed by atoms with Gasteiger partial charge in [0, 0.05) is 0 Å². The van der Waals surface area contributed by atoms with Gasteiger partial charge in [0.2, 0.25) is 6.29 Å². The third-order valence-corrected chi connectivity index (χ3v) is 23.1. The van der Waals surface area contributed by atoms with Gasteiger partial charge in [0.05, 0.1) is 44.1 Å². The summed E-state index contributed by atoms with van der Waals surface area (Å²) in [5, 5.41) is 161. The van der Waals surface area contributed by atoms with Crippen LogP contribution in [0.3, 0.4) is 0 Å². The predicted octanol–water partition coefficient (Wildman–Crippen LogP) is -2.54. The number of allylic oxidation sites excluding steroid dienone is 2. The number of aliphatic hydroxyl groups is 15. The van der Waals surface area contributed by atoms with Crippen LogP contribution < -0.4 is 0 Å². The van der Waals surface area contributed by atoms with Crippen LogP contribution in [0.2, 0.25) is 0 Å². The van der Waals surface area contributed by atoms with E-state index in [-0.39, 0.29) is 39.4 Å². The van der Waals surface area contributed by atoms with E-state index in [1.165, 1.54) is 12.5 Å². The Morgan fingerprint density at radius 1 is 0.529 bits per heavy atom. The van der Waals surface area contributed by atoms with E-state index < -0.39 is 197 Å². The molecule has 5 saturated heterocycles. The number of ether oxygens (including phenoxy) is 10. The van der Waals surface area contributed by atoms with Crippen molar-refractivity contribution in [1.29, 1.82) is 0 Å². The van der Waals surface area contributed by atoms with Crippen LogP contribution in [-0.2, 0) is 52.2 Å². The summed E-state index contributed by atoms with van der Waals surface area (Å²) in [5.74, 6) is -0.471. The normalized spacial score (nSPS) is 54.1. The monoisotopic (exact) mass is 1220 g/mol. The average molecular weight is 1220 g/mol. The summed E-state index contributed by atoms with van der Waals surface area (Å²) in [5.41, 5.74) is -1.21. The smallest absolute Gasteiger partial charge is 0.315 e. The van der Waals surface area contributed by atoms with Crippen LogP contribution in [0.25, 0.3) is 0 Å². The highest BCUT2D eigenvalue weighted by molar-refractivity contribution is 5.79. The summed E-state index contributed by atoms with van der Waals surface area (Å²) in [7, 11) is 0. The number of hydrogen-bond acceptors (Lipinski definition) is 26. The first-order valence-corrected chi connectivity index (χ1v) is 30.6. The summed E-state index contributed by atoms with van der Waals surface area (Å²) < 4.78 is 60.7. The van der Waals surface area contributed by atoms with Crippen LogP contribution in [0.4, 0.5) is 0 Å². The Morgan fingerprint density at radius 2 is 1.06 bits per heavy atom. The number of hydrogen-bond donors (Lipinski definition) is 15. The molecule has 0 bridgehead atoms. The first-order chi connectivity index (χ1) is 39.8. The highest BCUT2D eigenvalue weighted by Gasteiger charge is 2.70. The Labute approximate surface area is 494 Å². The Balaban J connectivity index is 0.897. The average Bonchev–Trinajstić information content (AvgIpc) is 0.706. The summed E-state index contributed by atoms with van der Waals surface area (Å²) in [6.45, 7) is 14.8. The van der Waals surface area contributed by atoms with Gasteiger partial charge in [0.15, 0.2) is 25.2 Å². The fraction of sp³-hybridized carbons (Fsp3) is 0.949. The Morgan fingerprint density at radius 3 is 1.65 bits per heavy atom. The number of esters is 1. The van der Waals surface area contributed by atoms with Crippen molar-refractivity contribution in [2.24, 2.45) is 50.2 Å². The largest absolute Gasteiger partial charge is 0.432 e. The minimum Gasteiger partial charge on any atom is -0.432 e. The van der Waals surface area contributed by atoms with Crippen molar-refractivity contribution in [2.75, 3.05) is 26.4 Å². The molecular weight excluding hydrogens is 1120 g/mol. The first kappa shape index (κ1) is 66.2. The third kappa shape index (κ3) is 11.1. The molecule has 5 aliphatic carbocycles. The zero-order chi connectivity index (χ0) is 62.0. The number of rotatable bonds is 13. The predicted molar refractivity (Wildman–Crippen MR) is 288 cm³/mol. The number of carbonyl (C=O) groups excluding carboxylic acids is 1. The second-order valence-corrected chi connectivity index (χ2v) is 28.6. The van der Waals surface area contributed by atoms with Crippen molar-refractivity contribution in [3.63, 3.8) is 0 Å². The van der Waals surface area contributed by atoms with E-state index in [2.05, 4.69) is 54.5 Å². The second kappa shape index (κ2) is 24.4. The number of fused-ring (bicyclic) bond motifs is 7. The highest BCUT2D eigenvalue weighted by atomic mass is 16.8. The van der Waals surface area contributed by atoms with E-state index in [1.54, 1.807) is 0 Å². The zero-order valence-corrected chi connectivity index (χ0v) is 49.8. The lowest BCUT2D eigenvalue weighted by atomic mass is 9.33. The van der Waals surface area contributed by atoms with E-state index in [4.69, 9.17) is 47.4 Å². The molecule has 15 N–H and O–H groups in total. The van der Waals surface area contributed by atoms with Gasteiger partial charge in [-0.3, -0.25) is 4.79 Å². The molecule has 0 radical (unpaired) electrons. The molecule has 0 spiro atoms. The van der Waals surface area contributed by atoms with Gasteiger partial charge in [0.1, 0.15) is 110 Å². The Bertz CT molecular complexity index is 2360. The van der Waals surface area contributed by atoms with Crippen LogP contribution in [0.1, 0.15) is 120 Å². The van der Waals surface area contributed by atoms with Crippen molar-refractivity contribution in [2.45, 2.75) is 273 Å². The lowest BCUT2D eigenvalue weighted by Gasteiger charge is -2.71. The van der Waals surface area contributed by atoms with E-state index in [1.807, 2.05) is 0 Å². The molecule has 0 aromatic rings. The van der Waals surface area contributed by atoms with E-state index in [0.717, 1.165) is 38.5 Å². The van der Waals surface area contributed by atoms with Gasteiger partial charge in [-0.2, -0.15) is 0 Å². The van der Waals surface area contributed by atoms with Crippen LogP contribution in [0.5, 0.6) is 0 Å². The van der Waals surface area contributed by atoms with Gasteiger partial charge in [-0.25, -0.2) is 0 Å². The Hall–Kier alpha value is -1.75.